The van der Waals surface area contributed by atoms with Gasteiger partial charge in [0, 0.05) is 23.9 Å². The maximum Gasteiger partial charge on any atom is 0.498 e. The van der Waals surface area contributed by atoms with Crippen molar-refractivity contribution < 1.29 is 26.9 Å². The van der Waals surface area contributed by atoms with Gasteiger partial charge in [-0.05, 0) is 27.7 Å². The van der Waals surface area contributed by atoms with Gasteiger partial charge in [0.1, 0.15) is 0 Å². The fourth-order valence-corrected chi connectivity index (χ4v) is 2.49. The number of nitrogens with zero attached hydrogens (tertiary/aromatic N) is 2. The largest absolute Gasteiger partial charge is 0.498 e. The van der Waals surface area contributed by atoms with Crippen LogP contribution in [-0.4, -0.2) is 28.1 Å². The van der Waals surface area contributed by atoms with Crippen LogP contribution in [-0.2, 0) is 15.9 Å². The van der Waals surface area contributed by atoms with Gasteiger partial charge in [-0.3, -0.25) is 4.68 Å². The van der Waals surface area contributed by atoms with Crippen molar-refractivity contribution in [3.8, 4) is 0 Å². The Morgan fingerprint density at radius 1 is 1.00 bits per heavy atom. The van der Waals surface area contributed by atoms with E-state index in [1.54, 1.807) is 0 Å². The monoisotopic (exact) mass is 356 g/mol. The molecule has 0 N–H and O–H groups in total. The quantitative estimate of drug-likeness (QED) is 0.482. The van der Waals surface area contributed by atoms with Gasteiger partial charge in [-0.1, -0.05) is 0 Å². The smallest absolute Gasteiger partial charge is 0.399 e. The Balaban J connectivity index is 1.85. The molecule has 25 heavy (non-hydrogen) atoms. The van der Waals surface area contributed by atoms with Crippen molar-refractivity contribution in [2.24, 2.45) is 0 Å². The van der Waals surface area contributed by atoms with E-state index in [-0.39, 0.29) is 6.07 Å². The van der Waals surface area contributed by atoms with Crippen LogP contribution in [0, 0.1) is 23.3 Å². The first kappa shape index (κ1) is 17.9. The second-order valence-electron chi connectivity index (χ2n) is 7.01. The van der Waals surface area contributed by atoms with E-state index in [1.807, 2.05) is 27.7 Å². The highest BCUT2D eigenvalue weighted by Gasteiger charge is 2.52. The van der Waals surface area contributed by atoms with Gasteiger partial charge in [0.2, 0.25) is 0 Å². The molecule has 0 unspecified atom stereocenters. The summed E-state index contributed by atoms with van der Waals surface area (Å²) >= 11 is 0. The molecule has 1 aromatic heterocycles. The molecule has 2 heterocycles. The minimum absolute atomic E-state index is 0.174. The van der Waals surface area contributed by atoms with Gasteiger partial charge in [-0.15, -0.1) is 0 Å². The minimum atomic E-state index is -1.45. The maximum atomic E-state index is 13.8. The fraction of sp³-hybridized carbons (Fsp3) is 0.438. The zero-order chi connectivity index (χ0) is 18.6. The summed E-state index contributed by atoms with van der Waals surface area (Å²) in [7, 11) is -0.697. The Morgan fingerprint density at radius 2 is 1.52 bits per heavy atom. The lowest BCUT2D eigenvalue weighted by atomic mass is 9.82. The predicted molar refractivity (Wildman–Crippen MR) is 83.3 cm³/mol. The van der Waals surface area contributed by atoms with Crippen molar-refractivity contribution in [2.75, 3.05) is 0 Å². The van der Waals surface area contributed by atoms with Crippen molar-refractivity contribution in [3.63, 3.8) is 0 Å². The van der Waals surface area contributed by atoms with E-state index in [0.717, 1.165) is 0 Å². The fourth-order valence-electron chi connectivity index (χ4n) is 2.49. The highest BCUT2D eigenvalue weighted by atomic mass is 19.2. The molecule has 1 fully saturated rings. The van der Waals surface area contributed by atoms with Crippen LogP contribution in [0.4, 0.5) is 17.6 Å². The van der Waals surface area contributed by atoms with Crippen molar-refractivity contribution in [3.05, 3.63) is 47.3 Å². The Bertz CT molecular complexity index is 780. The topological polar surface area (TPSA) is 36.3 Å². The number of benzene rings is 1. The molecular formula is C16H17BF4N2O2. The molecule has 0 aliphatic carbocycles. The van der Waals surface area contributed by atoms with Crippen LogP contribution in [0.5, 0.6) is 0 Å². The van der Waals surface area contributed by atoms with Crippen molar-refractivity contribution in [1.82, 2.24) is 9.78 Å². The van der Waals surface area contributed by atoms with Crippen molar-refractivity contribution in [2.45, 2.75) is 45.4 Å². The highest BCUT2D eigenvalue weighted by molar-refractivity contribution is 6.61. The SMILES string of the molecule is CC1(C)OB(c2cnn(Cc3c(F)c(F)cc(F)c3F)c2)OC1(C)C. The molecule has 4 nitrogen and oxygen atoms in total. The van der Waals surface area contributed by atoms with Gasteiger partial charge in [0.05, 0.1) is 23.3 Å². The molecule has 0 saturated carbocycles. The summed E-state index contributed by atoms with van der Waals surface area (Å²) in [5.74, 6) is -5.78. The second-order valence-corrected chi connectivity index (χ2v) is 7.01. The lowest BCUT2D eigenvalue weighted by Crippen LogP contribution is -2.41. The van der Waals surface area contributed by atoms with E-state index >= 15 is 0 Å². The van der Waals surface area contributed by atoms with Crippen LogP contribution in [0.3, 0.4) is 0 Å². The van der Waals surface area contributed by atoms with Gasteiger partial charge in [-0.2, -0.15) is 5.10 Å². The average molecular weight is 356 g/mol. The zero-order valence-corrected chi connectivity index (χ0v) is 14.2. The average Bonchev–Trinajstić information content (AvgIpc) is 3.04. The van der Waals surface area contributed by atoms with Gasteiger partial charge >= 0.3 is 7.12 Å². The molecule has 9 heteroatoms. The van der Waals surface area contributed by atoms with E-state index in [1.165, 1.54) is 17.1 Å². The first-order valence-corrected chi connectivity index (χ1v) is 7.72. The number of rotatable bonds is 3. The standard InChI is InChI=1S/C16H17BF4N2O2/c1-15(2)16(3,4)25-17(24-15)9-6-22-23(7-9)8-10-13(20)11(18)5-12(19)14(10)21/h5-7H,8H2,1-4H3. The van der Waals surface area contributed by atoms with Crippen molar-refractivity contribution in [1.29, 1.82) is 0 Å². The molecule has 0 amide bonds. The third-order valence-corrected chi connectivity index (χ3v) is 4.70. The summed E-state index contributed by atoms with van der Waals surface area (Å²) < 4.78 is 67.0. The Labute approximate surface area is 142 Å². The number of hydrogen-bond donors (Lipinski definition) is 0. The minimum Gasteiger partial charge on any atom is -0.399 e. The summed E-state index contributed by atoms with van der Waals surface area (Å²) in [6.45, 7) is 7.08. The first-order chi connectivity index (χ1) is 11.5. The van der Waals surface area contributed by atoms with Crippen LogP contribution in [0.2, 0.25) is 0 Å². The summed E-state index contributed by atoms with van der Waals surface area (Å²) in [6, 6.07) is 0.174. The molecule has 0 spiro atoms. The second kappa shape index (κ2) is 5.84. The maximum absolute atomic E-state index is 13.8. The third kappa shape index (κ3) is 3.06. The number of halogens is 4. The molecule has 134 valence electrons. The summed E-state index contributed by atoms with van der Waals surface area (Å²) in [5.41, 5.74) is -1.30. The molecule has 0 atom stereocenters. The Kier molecular flexibility index (Phi) is 4.19. The molecule has 1 aliphatic rings. The highest BCUT2D eigenvalue weighted by Crippen LogP contribution is 2.36. The van der Waals surface area contributed by atoms with Gasteiger partial charge in [-0.25, -0.2) is 17.6 Å². The summed E-state index contributed by atoms with van der Waals surface area (Å²) in [6.07, 6.45) is 2.89. The first-order valence-electron chi connectivity index (χ1n) is 7.72. The zero-order valence-electron chi connectivity index (χ0n) is 14.2. The van der Waals surface area contributed by atoms with Gasteiger partial charge < -0.3 is 9.31 Å². The predicted octanol–water partition coefficient (Wildman–Crippen LogP) is 2.79. The van der Waals surface area contributed by atoms with Gasteiger partial charge in [0.25, 0.3) is 0 Å². The molecular weight excluding hydrogens is 339 g/mol. The summed E-state index contributed by atoms with van der Waals surface area (Å²) in [5, 5.41) is 3.97. The van der Waals surface area contributed by atoms with Crippen LogP contribution in [0.1, 0.15) is 33.3 Å². The van der Waals surface area contributed by atoms with E-state index < -0.39 is 53.7 Å². The summed E-state index contributed by atoms with van der Waals surface area (Å²) in [4.78, 5) is 0. The van der Waals surface area contributed by atoms with Crippen molar-refractivity contribution >= 4 is 12.6 Å². The molecule has 3 rings (SSSR count). The molecule has 0 bridgehead atoms. The number of aromatic nitrogens is 2. The van der Waals surface area contributed by atoms with E-state index in [0.29, 0.717) is 5.46 Å². The molecule has 0 radical (unpaired) electrons. The molecule has 2 aromatic rings. The molecule has 1 aliphatic heterocycles. The lowest BCUT2D eigenvalue weighted by Gasteiger charge is -2.32. The van der Waals surface area contributed by atoms with E-state index in [9.17, 15) is 17.6 Å². The Hall–Kier alpha value is -1.87. The lowest BCUT2D eigenvalue weighted by molar-refractivity contribution is 0.00578. The van der Waals surface area contributed by atoms with Gasteiger partial charge in [0.15, 0.2) is 23.3 Å². The normalized spacial score (nSPS) is 18.8. The van der Waals surface area contributed by atoms with Crippen LogP contribution in [0.15, 0.2) is 18.5 Å². The number of hydrogen-bond acceptors (Lipinski definition) is 3. The van der Waals surface area contributed by atoms with E-state index in [2.05, 4.69) is 5.10 Å². The van der Waals surface area contributed by atoms with Crippen LogP contribution >= 0.6 is 0 Å². The molecule has 1 aromatic carbocycles. The molecule has 1 saturated heterocycles. The Morgan fingerprint density at radius 3 is 2.04 bits per heavy atom. The third-order valence-electron chi connectivity index (χ3n) is 4.70. The van der Waals surface area contributed by atoms with E-state index in [4.69, 9.17) is 9.31 Å². The van der Waals surface area contributed by atoms with Crippen LogP contribution in [0.25, 0.3) is 0 Å². The van der Waals surface area contributed by atoms with Crippen LogP contribution < -0.4 is 5.46 Å².